The first kappa shape index (κ1) is 17.4. The van der Waals surface area contributed by atoms with Crippen LogP contribution in [0.1, 0.15) is 25.3 Å². The Morgan fingerprint density at radius 1 is 1.10 bits per heavy atom. The van der Waals surface area contributed by atoms with Gasteiger partial charge in [-0.15, -0.1) is 19.7 Å². The Morgan fingerprint density at radius 2 is 1.67 bits per heavy atom. The van der Waals surface area contributed by atoms with Gasteiger partial charge in [0.1, 0.15) is 0 Å². The van der Waals surface area contributed by atoms with Crippen molar-refractivity contribution in [2.45, 2.75) is 31.3 Å². The first-order valence-corrected chi connectivity index (χ1v) is 7.55. The molecule has 0 aromatic heterocycles. The zero-order valence-corrected chi connectivity index (χ0v) is 13.2. The molecule has 1 aromatic carbocycles. The lowest BCUT2D eigenvalue weighted by Crippen LogP contribution is -2.56. The number of nitrogens with two attached hydrogens (primary N) is 1. The number of nitrogens with zero attached hydrogens (tertiary/aromatic N) is 1. The molecule has 0 radical (unpaired) electrons. The van der Waals surface area contributed by atoms with Gasteiger partial charge in [0.15, 0.2) is 0 Å². The van der Waals surface area contributed by atoms with Crippen molar-refractivity contribution in [3.8, 4) is 0 Å². The Morgan fingerprint density at radius 3 is 2.10 bits per heavy atom. The number of hydrogen-bond acceptors (Lipinski definition) is 2. The van der Waals surface area contributed by atoms with E-state index < -0.39 is 5.54 Å². The highest BCUT2D eigenvalue weighted by atomic mass is 15.2. The van der Waals surface area contributed by atoms with Crippen molar-refractivity contribution in [1.82, 2.24) is 4.90 Å². The summed E-state index contributed by atoms with van der Waals surface area (Å²) in [6.45, 7) is 15.4. The highest BCUT2D eigenvalue weighted by Crippen LogP contribution is 2.31. The lowest BCUT2D eigenvalue weighted by molar-refractivity contribution is 0.139. The van der Waals surface area contributed by atoms with Gasteiger partial charge in [-0.3, -0.25) is 4.90 Å². The second kappa shape index (κ2) is 8.60. The van der Waals surface area contributed by atoms with Gasteiger partial charge in [0.05, 0.1) is 5.54 Å². The second-order valence-electron chi connectivity index (χ2n) is 5.35. The summed E-state index contributed by atoms with van der Waals surface area (Å²) in [6, 6.07) is 10.5. The van der Waals surface area contributed by atoms with Crippen molar-refractivity contribution in [3.63, 3.8) is 0 Å². The fourth-order valence-electron chi connectivity index (χ4n) is 3.04. The fraction of sp³-hybridized carbons (Fsp3) is 0.368. The Kier molecular flexibility index (Phi) is 7.13. The molecule has 0 amide bonds. The summed E-state index contributed by atoms with van der Waals surface area (Å²) >= 11 is 0. The summed E-state index contributed by atoms with van der Waals surface area (Å²) in [7, 11) is 0. The van der Waals surface area contributed by atoms with Crippen LogP contribution < -0.4 is 5.73 Å². The minimum absolute atomic E-state index is 0.203. The van der Waals surface area contributed by atoms with Crippen LogP contribution >= 0.6 is 0 Å². The van der Waals surface area contributed by atoms with E-state index in [0.29, 0.717) is 0 Å². The van der Waals surface area contributed by atoms with Gasteiger partial charge in [-0.05, 0) is 18.4 Å². The van der Waals surface area contributed by atoms with Gasteiger partial charge < -0.3 is 5.73 Å². The molecule has 0 bridgehead atoms. The van der Waals surface area contributed by atoms with Crippen molar-refractivity contribution in [2.24, 2.45) is 5.73 Å². The number of rotatable bonds is 10. The molecule has 0 aliphatic heterocycles. The topological polar surface area (TPSA) is 29.3 Å². The first-order valence-electron chi connectivity index (χ1n) is 7.55. The van der Waals surface area contributed by atoms with E-state index in [9.17, 15) is 0 Å². The van der Waals surface area contributed by atoms with E-state index in [4.69, 9.17) is 5.73 Å². The summed E-state index contributed by atoms with van der Waals surface area (Å²) in [5.74, 6) is 0. The molecule has 0 saturated carbocycles. The van der Waals surface area contributed by atoms with Crippen molar-refractivity contribution in [2.75, 3.05) is 13.1 Å². The van der Waals surface area contributed by atoms with E-state index >= 15 is 0 Å². The number of hydrogen-bond donors (Lipinski definition) is 1. The van der Waals surface area contributed by atoms with Crippen LogP contribution in [0.4, 0.5) is 0 Å². The fourth-order valence-corrected chi connectivity index (χ4v) is 3.04. The Labute approximate surface area is 129 Å². The Hall–Kier alpha value is -1.64. The zero-order chi connectivity index (χ0) is 15.7. The molecule has 0 heterocycles. The van der Waals surface area contributed by atoms with Crippen molar-refractivity contribution >= 4 is 0 Å². The maximum absolute atomic E-state index is 6.86. The Bertz CT molecular complexity index is 442. The minimum Gasteiger partial charge on any atom is -0.320 e. The van der Waals surface area contributed by atoms with E-state index in [-0.39, 0.29) is 6.04 Å². The van der Waals surface area contributed by atoms with Gasteiger partial charge in [0, 0.05) is 19.1 Å². The van der Waals surface area contributed by atoms with Gasteiger partial charge in [-0.2, -0.15) is 0 Å². The van der Waals surface area contributed by atoms with Crippen LogP contribution in [-0.2, 0) is 5.54 Å². The standard InChI is InChI=1S/C19H28N2/c1-5-14-19(20,17-12-10-9-11-13-17)18(8-4)21(15-6-2)16-7-3/h5-7,9-13,18H,1-3,8,14-16,20H2,4H3. The highest BCUT2D eigenvalue weighted by Gasteiger charge is 2.37. The maximum Gasteiger partial charge on any atom is 0.0602 e. The van der Waals surface area contributed by atoms with Gasteiger partial charge in [0.2, 0.25) is 0 Å². The average molecular weight is 284 g/mol. The van der Waals surface area contributed by atoms with Crippen LogP contribution in [0.3, 0.4) is 0 Å². The number of benzene rings is 1. The molecule has 1 rings (SSSR count). The van der Waals surface area contributed by atoms with Gasteiger partial charge in [-0.1, -0.05) is 55.5 Å². The predicted molar refractivity (Wildman–Crippen MR) is 93.2 cm³/mol. The predicted octanol–water partition coefficient (Wildman–Crippen LogP) is 3.87. The molecule has 0 fully saturated rings. The van der Waals surface area contributed by atoms with Crippen LogP contribution in [-0.4, -0.2) is 24.0 Å². The summed E-state index contributed by atoms with van der Waals surface area (Å²) in [5, 5.41) is 0. The zero-order valence-electron chi connectivity index (χ0n) is 13.2. The molecule has 2 heteroatoms. The molecule has 0 aliphatic rings. The maximum atomic E-state index is 6.86. The molecule has 0 saturated heterocycles. The summed E-state index contributed by atoms with van der Waals surface area (Å²) in [6.07, 6.45) is 7.45. The van der Waals surface area contributed by atoms with Crippen LogP contribution in [0.2, 0.25) is 0 Å². The summed E-state index contributed by atoms with van der Waals surface area (Å²) in [5.41, 5.74) is 7.56. The van der Waals surface area contributed by atoms with Crippen LogP contribution in [0, 0.1) is 0 Å². The molecular weight excluding hydrogens is 256 g/mol. The van der Waals surface area contributed by atoms with Crippen LogP contribution in [0.5, 0.6) is 0 Å². The van der Waals surface area contributed by atoms with Gasteiger partial charge in [0.25, 0.3) is 0 Å². The molecule has 1 aromatic rings. The average Bonchev–Trinajstić information content (AvgIpc) is 2.49. The summed E-state index contributed by atoms with van der Waals surface area (Å²) < 4.78 is 0. The normalized spacial score (nSPS) is 15.2. The smallest absolute Gasteiger partial charge is 0.0602 e. The quantitative estimate of drug-likeness (QED) is 0.661. The minimum atomic E-state index is -0.455. The molecule has 2 unspecified atom stereocenters. The molecule has 0 aliphatic carbocycles. The monoisotopic (exact) mass is 284 g/mol. The van der Waals surface area contributed by atoms with E-state index in [2.05, 4.69) is 43.7 Å². The SMILES string of the molecule is C=CCN(CC=C)C(CC)C(N)(CC=C)c1ccccc1. The second-order valence-corrected chi connectivity index (χ2v) is 5.35. The largest absolute Gasteiger partial charge is 0.320 e. The highest BCUT2D eigenvalue weighted by molar-refractivity contribution is 5.27. The van der Waals surface area contributed by atoms with Crippen molar-refractivity contribution in [3.05, 3.63) is 73.9 Å². The third-order valence-corrected chi connectivity index (χ3v) is 3.94. The van der Waals surface area contributed by atoms with E-state index in [1.807, 2.05) is 36.4 Å². The lowest BCUT2D eigenvalue weighted by atomic mass is 9.78. The Balaban J connectivity index is 3.23. The van der Waals surface area contributed by atoms with Crippen molar-refractivity contribution < 1.29 is 0 Å². The summed E-state index contributed by atoms with van der Waals surface area (Å²) in [4.78, 5) is 2.33. The third-order valence-electron chi connectivity index (χ3n) is 3.94. The van der Waals surface area contributed by atoms with E-state index in [1.54, 1.807) is 0 Å². The first-order chi connectivity index (χ1) is 10.1. The molecular formula is C19H28N2. The van der Waals surface area contributed by atoms with E-state index in [1.165, 1.54) is 0 Å². The molecule has 0 spiro atoms. The van der Waals surface area contributed by atoms with Gasteiger partial charge in [-0.25, -0.2) is 0 Å². The molecule has 21 heavy (non-hydrogen) atoms. The molecule has 2 atom stereocenters. The van der Waals surface area contributed by atoms with Crippen LogP contribution in [0.25, 0.3) is 0 Å². The lowest BCUT2D eigenvalue weighted by Gasteiger charge is -2.43. The molecule has 2 N–H and O–H groups in total. The van der Waals surface area contributed by atoms with Gasteiger partial charge >= 0.3 is 0 Å². The third kappa shape index (κ3) is 4.16. The van der Waals surface area contributed by atoms with Crippen LogP contribution in [0.15, 0.2) is 68.3 Å². The molecule has 114 valence electrons. The van der Waals surface area contributed by atoms with E-state index in [0.717, 1.165) is 31.5 Å². The van der Waals surface area contributed by atoms with Crippen molar-refractivity contribution in [1.29, 1.82) is 0 Å². The molecule has 2 nitrogen and oxygen atoms in total.